The molecule has 0 aromatic carbocycles. The average Bonchev–Trinajstić information content (AvgIpc) is 2.50. The van der Waals surface area contributed by atoms with Crippen LogP contribution in [0.25, 0.3) is 0 Å². The fraction of sp³-hybridized carbons (Fsp3) is 0.333. The molecule has 2 aromatic rings. The van der Waals surface area contributed by atoms with Crippen LogP contribution in [0, 0.1) is 5.82 Å². The normalized spacial score (nSPS) is 17.1. The van der Waals surface area contributed by atoms with Crippen LogP contribution in [-0.4, -0.2) is 46.7 Å². The van der Waals surface area contributed by atoms with Gasteiger partial charge in [0.2, 0.25) is 0 Å². The van der Waals surface area contributed by atoms with E-state index in [-0.39, 0.29) is 12.1 Å². The summed E-state index contributed by atoms with van der Waals surface area (Å²) >= 11 is 0. The molecule has 9 heteroatoms. The first-order chi connectivity index (χ1) is 11.3. The summed E-state index contributed by atoms with van der Waals surface area (Å²) in [6.45, 7) is 4.00. The van der Waals surface area contributed by atoms with E-state index in [1.807, 2.05) is 13.8 Å². The van der Waals surface area contributed by atoms with Crippen molar-refractivity contribution in [3.8, 4) is 0 Å². The zero-order valence-corrected chi connectivity index (χ0v) is 13.7. The van der Waals surface area contributed by atoms with Crippen LogP contribution in [0.5, 0.6) is 0 Å². The highest BCUT2D eigenvalue weighted by Gasteiger charge is 2.35. The lowest BCUT2D eigenvalue weighted by Crippen LogP contribution is -2.63. The van der Waals surface area contributed by atoms with E-state index in [2.05, 4.69) is 20.6 Å². The number of nitrogens with zero attached hydrogens (tertiary/aromatic N) is 2. The molecule has 114 valence electrons. The van der Waals surface area contributed by atoms with Crippen molar-refractivity contribution in [3.63, 3.8) is 0 Å². The van der Waals surface area contributed by atoms with Crippen molar-refractivity contribution in [2.75, 3.05) is 5.32 Å². The van der Waals surface area contributed by atoms with Crippen molar-refractivity contribution < 1.29 is 4.39 Å². The van der Waals surface area contributed by atoms with E-state index in [9.17, 15) is 4.39 Å². The first-order valence-electron chi connectivity index (χ1n) is 7.58. The van der Waals surface area contributed by atoms with Crippen molar-refractivity contribution in [2.45, 2.75) is 30.9 Å². The minimum atomic E-state index is -1.43. The first kappa shape index (κ1) is 18.6. The summed E-state index contributed by atoms with van der Waals surface area (Å²) in [6, 6.07) is 3.19. The Labute approximate surface area is 147 Å². The molecular weight excluding hydrogens is 298 g/mol. The fourth-order valence-electron chi connectivity index (χ4n) is 2.47. The maximum atomic E-state index is 13.6. The Balaban J connectivity index is 0.00000100. The largest absolute Gasteiger partial charge is 0.352 e. The highest BCUT2D eigenvalue weighted by atomic mass is 19.1. The smallest absolute Gasteiger partial charge is 0.164 e. The maximum Gasteiger partial charge on any atom is 0.164 e. The Morgan fingerprint density at radius 3 is 2.58 bits per heavy atom. The number of anilines is 2. The third kappa shape index (κ3) is 4.01. The van der Waals surface area contributed by atoms with Gasteiger partial charge in [0.1, 0.15) is 0 Å². The molecule has 1 aliphatic heterocycles. The van der Waals surface area contributed by atoms with Gasteiger partial charge in [-0.2, -0.15) is 0 Å². The van der Waals surface area contributed by atoms with Crippen molar-refractivity contribution >= 4 is 42.8 Å². The summed E-state index contributed by atoms with van der Waals surface area (Å²) in [5.41, 5.74) is 1.94. The Hall–Kier alpha value is -1.75. The number of pyridine rings is 2. The second kappa shape index (κ2) is 7.01. The Kier molecular flexibility index (Phi) is 5.43. The predicted molar refractivity (Wildman–Crippen MR) is 97.3 cm³/mol. The molecule has 3 heterocycles. The second-order valence-electron chi connectivity index (χ2n) is 5.41. The number of rotatable bonds is 2. The molecule has 3 rings (SSSR count). The number of nitrogens with one attached hydrogen (secondary N) is 2. The van der Waals surface area contributed by atoms with Crippen molar-refractivity contribution in [2.24, 2.45) is 0 Å². The third-order valence-electron chi connectivity index (χ3n) is 3.37. The molecule has 0 bridgehead atoms. The van der Waals surface area contributed by atoms with E-state index in [1.165, 1.54) is 18.5 Å². The van der Waals surface area contributed by atoms with Gasteiger partial charge >= 0.3 is 0 Å². The van der Waals surface area contributed by atoms with Crippen LogP contribution in [0.15, 0.2) is 30.7 Å². The van der Waals surface area contributed by atoms with Gasteiger partial charge in [-0.15, -0.1) is 0 Å². The lowest BCUT2D eigenvalue weighted by atomic mass is 9.48. The zero-order chi connectivity index (χ0) is 18.0. The molecule has 2 aromatic heterocycles. The minimum Gasteiger partial charge on any atom is -0.352 e. The summed E-state index contributed by atoms with van der Waals surface area (Å²) in [5.74, 6) is -0.479. The van der Waals surface area contributed by atoms with Crippen LogP contribution in [0.2, 0.25) is 0 Å². The molecule has 24 heavy (non-hydrogen) atoms. The minimum absolute atomic E-state index is 0.266. The summed E-state index contributed by atoms with van der Waals surface area (Å²) in [6.07, 6.45) is 4.40. The summed E-state index contributed by atoms with van der Waals surface area (Å²) < 4.78 is 13.6. The van der Waals surface area contributed by atoms with E-state index in [0.717, 1.165) is 6.20 Å². The summed E-state index contributed by atoms with van der Waals surface area (Å²) in [4.78, 5) is 7.96. The molecule has 0 atom stereocenters. The van der Waals surface area contributed by atoms with E-state index < -0.39 is 16.5 Å². The van der Waals surface area contributed by atoms with Crippen LogP contribution in [0.4, 0.5) is 15.8 Å². The van der Waals surface area contributed by atoms with Gasteiger partial charge in [0.25, 0.3) is 0 Å². The van der Waals surface area contributed by atoms with Gasteiger partial charge in [-0.25, -0.2) is 4.39 Å². The summed E-state index contributed by atoms with van der Waals surface area (Å²) in [7, 11) is 23.7. The maximum absolute atomic E-state index is 13.6. The molecule has 8 radical (unpaired) electrons. The van der Waals surface area contributed by atoms with Crippen molar-refractivity contribution in [1.29, 1.82) is 0 Å². The lowest BCUT2D eigenvalue weighted by molar-refractivity contribution is 0.486. The van der Waals surface area contributed by atoms with Crippen LogP contribution >= 0.6 is 0 Å². The lowest BCUT2D eigenvalue weighted by Gasteiger charge is -2.45. The van der Waals surface area contributed by atoms with Gasteiger partial charge in [0.05, 0.1) is 55.2 Å². The number of hydrogen-bond donors (Lipinski definition) is 2. The topological polar surface area (TPSA) is 49.8 Å². The second-order valence-corrected chi connectivity index (χ2v) is 5.41. The number of halogens is 1. The quantitative estimate of drug-likeness (QED) is 0.811. The van der Waals surface area contributed by atoms with Gasteiger partial charge in [0, 0.05) is 11.9 Å². The number of fused-ring (bicyclic) bond motifs is 1. The van der Waals surface area contributed by atoms with E-state index in [4.69, 9.17) is 31.4 Å². The fourth-order valence-corrected chi connectivity index (χ4v) is 2.47. The highest BCUT2D eigenvalue weighted by Crippen LogP contribution is 2.30. The van der Waals surface area contributed by atoms with Gasteiger partial charge in [-0.3, -0.25) is 9.97 Å². The molecule has 0 saturated carbocycles. The molecular formula is C15H15B4FN4. The molecule has 0 saturated heterocycles. The van der Waals surface area contributed by atoms with Crippen molar-refractivity contribution in [1.82, 2.24) is 15.3 Å². The molecule has 0 unspecified atom stereocenters. The van der Waals surface area contributed by atoms with Crippen LogP contribution in [0.1, 0.15) is 25.1 Å². The van der Waals surface area contributed by atoms with E-state index in [1.54, 1.807) is 6.07 Å². The number of hydrogen-bond acceptors (Lipinski definition) is 4. The highest BCUT2D eigenvalue weighted by molar-refractivity contribution is 6.44. The standard InChI is InChI=1S/C13H9B4FN4.C2H6/c14-12(15)4-11-8(13(16,17)22-12)3-7(5-20-11)21-10-1-2-19-6-9(10)18;1-2/h1-3,5-6,22H,4H2,(H,19,21);1-2H3. The Morgan fingerprint density at radius 2 is 1.92 bits per heavy atom. The van der Waals surface area contributed by atoms with Gasteiger partial charge in [-0.05, 0) is 29.5 Å². The molecule has 4 nitrogen and oxygen atoms in total. The van der Waals surface area contributed by atoms with Crippen LogP contribution < -0.4 is 10.6 Å². The third-order valence-corrected chi connectivity index (χ3v) is 3.37. The van der Waals surface area contributed by atoms with Gasteiger partial charge in [0.15, 0.2) is 5.82 Å². The van der Waals surface area contributed by atoms with Crippen LogP contribution in [0.3, 0.4) is 0 Å². The zero-order valence-electron chi connectivity index (χ0n) is 13.7. The van der Waals surface area contributed by atoms with E-state index >= 15 is 0 Å². The van der Waals surface area contributed by atoms with Gasteiger partial charge in [-0.1, -0.05) is 19.2 Å². The molecule has 0 aliphatic carbocycles. The van der Waals surface area contributed by atoms with Gasteiger partial charge < -0.3 is 10.6 Å². The molecule has 1 aliphatic rings. The molecule has 2 N–H and O–H groups in total. The van der Waals surface area contributed by atoms with Crippen molar-refractivity contribution in [3.05, 3.63) is 47.8 Å². The molecule has 0 fully saturated rings. The van der Waals surface area contributed by atoms with Crippen LogP contribution in [-0.2, 0) is 11.8 Å². The van der Waals surface area contributed by atoms with E-state index in [0.29, 0.717) is 16.9 Å². The predicted octanol–water partition coefficient (Wildman–Crippen LogP) is 0.969. The molecule has 0 spiro atoms. The first-order valence-corrected chi connectivity index (χ1v) is 7.58. The monoisotopic (exact) mass is 314 g/mol. The summed E-state index contributed by atoms with van der Waals surface area (Å²) in [5, 5.41) is 2.98. The molecule has 0 amide bonds. The Morgan fingerprint density at radius 1 is 1.21 bits per heavy atom. The Bertz CT molecular complexity index is 724. The number of aromatic nitrogens is 2. The average molecular weight is 314 g/mol. The SMILES string of the molecule is CC.[B]C1([B])Cc2ncc(Nc3ccncc3F)cc2C([B])([B])N1.